The summed E-state index contributed by atoms with van der Waals surface area (Å²) in [7, 11) is -3.35. The Labute approximate surface area is 150 Å². The minimum Gasteiger partial charge on any atom is -0.490 e. The summed E-state index contributed by atoms with van der Waals surface area (Å²) in [6, 6.07) is 14.8. The van der Waals surface area contributed by atoms with Crippen LogP contribution in [0, 0.1) is 0 Å². The lowest BCUT2D eigenvalue weighted by molar-refractivity contribution is 0.287. The van der Waals surface area contributed by atoms with Gasteiger partial charge in [-0.05, 0) is 43.5 Å². The topological polar surface area (TPSA) is 64.6 Å². The normalized spacial score (nSPS) is 11.3. The molecule has 0 amide bonds. The third kappa shape index (κ3) is 6.40. The van der Waals surface area contributed by atoms with E-state index in [1.807, 2.05) is 50.2 Å². The average Bonchev–Trinajstić information content (AvgIpc) is 2.58. The van der Waals surface area contributed by atoms with Crippen molar-refractivity contribution >= 4 is 10.0 Å². The fraction of sp³-hybridized carbons (Fsp3) is 0.368. The lowest BCUT2D eigenvalue weighted by atomic mass is 10.1. The van der Waals surface area contributed by atoms with Gasteiger partial charge in [-0.25, -0.2) is 13.1 Å². The van der Waals surface area contributed by atoms with E-state index in [0.717, 1.165) is 11.1 Å². The van der Waals surface area contributed by atoms with Crippen LogP contribution in [0.2, 0.25) is 0 Å². The van der Waals surface area contributed by atoms with Crippen molar-refractivity contribution in [3.8, 4) is 11.5 Å². The largest absolute Gasteiger partial charge is 0.490 e. The standard InChI is InChI=1S/C19H25NO4S/c1-3-23-18-11-10-16(14-19(18)24-4-2)12-13-20-25(21,22)15-17-8-6-5-7-9-17/h5-11,14,20H,3-4,12-13,15H2,1-2H3. The van der Waals surface area contributed by atoms with Crippen molar-refractivity contribution in [3.63, 3.8) is 0 Å². The molecule has 2 aromatic carbocycles. The maximum atomic E-state index is 12.1. The lowest BCUT2D eigenvalue weighted by Gasteiger charge is -2.13. The average molecular weight is 363 g/mol. The first kappa shape index (κ1) is 19.3. The van der Waals surface area contributed by atoms with E-state index in [-0.39, 0.29) is 5.75 Å². The molecule has 0 heterocycles. The molecule has 0 aliphatic rings. The van der Waals surface area contributed by atoms with E-state index in [4.69, 9.17) is 9.47 Å². The van der Waals surface area contributed by atoms with Crippen LogP contribution in [-0.4, -0.2) is 28.2 Å². The van der Waals surface area contributed by atoms with Gasteiger partial charge in [0.2, 0.25) is 10.0 Å². The van der Waals surface area contributed by atoms with Crippen molar-refractivity contribution < 1.29 is 17.9 Å². The van der Waals surface area contributed by atoms with Gasteiger partial charge >= 0.3 is 0 Å². The van der Waals surface area contributed by atoms with Crippen LogP contribution in [0.15, 0.2) is 48.5 Å². The van der Waals surface area contributed by atoms with Gasteiger partial charge in [0.05, 0.1) is 19.0 Å². The highest BCUT2D eigenvalue weighted by atomic mass is 32.2. The molecule has 0 saturated carbocycles. The van der Waals surface area contributed by atoms with Crippen molar-refractivity contribution in [3.05, 3.63) is 59.7 Å². The van der Waals surface area contributed by atoms with Crippen molar-refractivity contribution in [2.45, 2.75) is 26.0 Å². The van der Waals surface area contributed by atoms with E-state index in [1.165, 1.54) is 0 Å². The van der Waals surface area contributed by atoms with Crippen LogP contribution >= 0.6 is 0 Å². The lowest BCUT2D eigenvalue weighted by Crippen LogP contribution is -2.27. The Bertz CT molecular complexity index is 760. The highest BCUT2D eigenvalue weighted by Crippen LogP contribution is 2.28. The minimum atomic E-state index is -3.35. The molecule has 2 aromatic rings. The Morgan fingerprint density at radius 2 is 1.56 bits per heavy atom. The summed E-state index contributed by atoms with van der Waals surface area (Å²) in [6.07, 6.45) is 0.584. The highest BCUT2D eigenvalue weighted by molar-refractivity contribution is 7.88. The molecule has 0 aromatic heterocycles. The molecule has 0 bridgehead atoms. The zero-order chi connectivity index (χ0) is 18.1. The first-order chi connectivity index (χ1) is 12.0. The zero-order valence-electron chi connectivity index (χ0n) is 14.7. The van der Waals surface area contributed by atoms with Crippen LogP contribution in [-0.2, 0) is 22.2 Å². The molecule has 0 unspecified atom stereocenters. The van der Waals surface area contributed by atoms with E-state index < -0.39 is 10.0 Å². The van der Waals surface area contributed by atoms with Crippen LogP contribution < -0.4 is 14.2 Å². The highest BCUT2D eigenvalue weighted by Gasteiger charge is 2.11. The van der Waals surface area contributed by atoms with Crippen molar-refractivity contribution in [2.75, 3.05) is 19.8 Å². The monoisotopic (exact) mass is 363 g/mol. The zero-order valence-corrected chi connectivity index (χ0v) is 15.5. The summed E-state index contributed by atoms with van der Waals surface area (Å²) < 4.78 is 38.1. The molecule has 2 rings (SSSR count). The molecule has 0 saturated heterocycles. The van der Waals surface area contributed by atoms with Gasteiger partial charge in [0.1, 0.15) is 0 Å². The summed E-state index contributed by atoms with van der Waals surface area (Å²) in [5, 5.41) is 0. The predicted octanol–water partition coefficient (Wildman–Crippen LogP) is 3.15. The Morgan fingerprint density at radius 3 is 2.24 bits per heavy atom. The summed E-state index contributed by atoms with van der Waals surface area (Å²) in [6.45, 7) is 5.30. The van der Waals surface area contributed by atoms with Gasteiger partial charge in [0.15, 0.2) is 11.5 Å². The molecule has 5 nitrogen and oxygen atoms in total. The van der Waals surface area contributed by atoms with Gasteiger partial charge in [0, 0.05) is 6.54 Å². The Kier molecular flexibility index (Phi) is 7.28. The van der Waals surface area contributed by atoms with Gasteiger partial charge in [0.25, 0.3) is 0 Å². The Balaban J connectivity index is 1.93. The number of rotatable bonds is 10. The maximum Gasteiger partial charge on any atom is 0.215 e. The van der Waals surface area contributed by atoms with Gasteiger partial charge < -0.3 is 9.47 Å². The number of benzene rings is 2. The quantitative estimate of drug-likeness (QED) is 0.704. The number of nitrogens with one attached hydrogen (secondary N) is 1. The van der Waals surface area contributed by atoms with E-state index in [2.05, 4.69) is 4.72 Å². The van der Waals surface area contributed by atoms with E-state index in [1.54, 1.807) is 12.1 Å². The second-order valence-corrected chi connectivity index (χ2v) is 7.34. The molecule has 0 spiro atoms. The van der Waals surface area contributed by atoms with Crippen LogP contribution in [0.1, 0.15) is 25.0 Å². The fourth-order valence-electron chi connectivity index (χ4n) is 2.45. The number of hydrogen-bond donors (Lipinski definition) is 1. The second-order valence-electron chi connectivity index (χ2n) is 5.54. The SMILES string of the molecule is CCOc1ccc(CCNS(=O)(=O)Cc2ccccc2)cc1OCC. The molecule has 0 atom stereocenters. The number of sulfonamides is 1. The van der Waals surface area contributed by atoms with Gasteiger partial charge in [-0.1, -0.05) is 36.4 Å². The first-order valence-corrected chi connectivity index (χ1v) is 10.1. The van der Waals surface area contributed by atoms with Crippen LogP contribution in [0.25, 0.3) is 0 Å². The van der Waals surface area contributed by atoms with Gasteiger partial charge in [-0.15, -0.1) is 0 Å². The van der Waals surface area contributed by atoms with Crippen molar-refractivity contribution in [1.82, 2.24) is 4.72 Å². The molecule has 1 N–H and O–H groups in total. The minimum absolute atomic E-state index is 0.0126. The molecular weight excluding hydrogens is 338 g/mol. The van der Waals surface area contributed by atoms with Crippen LogP contribution in [0.3, 0.4) is 0 Å². The summed E-state index contributed by atoms with van der Waals surface area (Å²) in [4.78, 5) is 0. The molecule has 0 radical (unpaired) electrons. The molecule has 25 heavy (non-hydrogen) atoms. The molecule has 0 aliphatic carbocycles. The van der Waals surface area contributed by atoms with Crippen molar-refractivity contribution in [2.24, 2.45) is 0 Å². The fourth-order valence-corrected chi connectivity index (χ4v) is 3.59. The number of ether oxygens (including phenoxy) is 2. The predicted molar refractivity (Wildman–Crippen MR) is 99.6 cm³/mol. The summed E-state index contributed by atoms with van der Waals surface area (Å²) in [5.74, 6) is 1.38. The van der Waals surface area contributed by atoms with E-state index in [0.29, 0.717) is 37.7 Å². The molecule has 0 aliphatic heterocycles. The first-order valence-electron chi connectivity index (χ1n) is 8.44. The Hall–Kier alpha value is -2.05. The van der Waals surface area contributed by atoms with Crippen LogP contribution in [0.4, 0.5) is 0 Å². The Morgan fingerprint density at radius 1 is 0.880 bits per heavy atom. The molecule has 136 valence electrons. The van der Waals surface area contributed by atoms with Crippen LogP contribution in [0.5, 0.6) is 11.5 Å². The molecule has 6 heteroatoms. The second kappa shape index (κ2) is 9.44. The third-order valence-electron chi connectivity index (χ3n) is 3.54. The summed E-state index contributed by atoms with van der Waals surface area (Å²) in [5.41, 5.74) is 1.77. The molecule has 0 fully saturated rings. The summed E-state index contributed by atoms with van der Waals surface area (Å²) >= 11 is 0. The van der Waals surface area contributed by atoms with E-state index in [9.17, 15) is 8.42 Å². The smallest absolute Gasteiger partial charge is 0.215 e. The third-order valence-corrected chi connectivity index (χ3v) is 4.90. The van der Waals surface area contributed by atoms with Crippen molar-refractivity contribution in [1.29, 1.82) is 0 Å². The van der Waals surface area contributed by atoms with Gasteiger partial charge in [-0.2, -0.15) is 0 Å². The van der Waals surface area contributed by atoms with E-state index >= 15 is 0 Å². The number of hydrogen-bond acceptors (Lipinski definition) is 4. The maximum absolute atomic E-state index is 12.1. The van der Waals surface area contributed by atoms with Gasteiger partial charge in [-0.3, -0.25) is 0 Å². The molecular formula is C19H25NO4S.